The van der Waals surface area contributed by atoms with Gasteiger partial charge in [-0.3, -0.25) is 8.97 Å². The third kappa shape index (κ3) is 2.64. The molecule has 1 unspecified atom stereocenters. The maximum Gasteiger partial charge on any atom is 0.220 e. The second kappa shape index (κ2) is 7.20. The summed E-state index contributed by atoms with van der Waals surface area (Å²) in [7, 11) is 0. The Morgan fingerprint density at radius 3 is 2.29 bits per heavy atom. The highest BCUT2D eigenvalue weighted by molar-refractivity contribution is 6.09. The van der Waals surface area contributed by atoms with Crippen LogP contribution in [-0.2, 0) is 4.74 Å². The number of rotatable bonds is 2. The van der Waals surface area contributed by atoms with Crippen molar-refractivity contribution in [2.75, 3.05) is 6.61 Å². The molecule has 0 spiro atoms. The molecule has 5 nitrogen and oxygen atoms in total. The number of fused-ring (bicyclic) bond motifs is 8. The Morgan fingerprint density at radius 1 is 0.686 bits per heavy atom. The Balaban J connectivity index is 1.47. The van der Waals surface area contributed by atoms with Gasteiger partial charge in [0.25, 0.3) is 0 Å². The van der Waals surface area contributed by atoms with Gasteiger partial charge in [0, 0.05) is 17.4 Å². The second-order valence-corrected chi connectivity index (χ2v) is 9.47. The Morgan fingerprint density at radius 2 is 1.43 bits per heavy atom. The van der Waals surface area contributed by atoms with E-state index in [1.165, 1.54) is 28.2 Å². The monoisotopic (exact) mass is 456 g/mol. The van der Waals surface area contributed by atoms with Gasteiger partial charge in [-0.15, -0.1) is 0 Å². The molecule has 3 aromatic heterocycles. The van der Waals surface area contributed by atoms with Gasteiger partial charge in [0.2, 0.25) is 5.78 Å². The Bertz CT molecular complexity index is 1900. The lowest BCUT2D eigenvalue weighted by Gasteiger charge is -2.26. The molecule has 4 aromatic carbocycles. The van der Waals surface area contributed by atoms with Crippen molar-refractivity contribution in [1.29, 1.82) is 0 Å². The van der Waals surface area contributed by atoms with Crippen molar-refractivity contribution in [2.45, 2.75) is 25.5 Å². The first kappa shape index (κ1) is 19.2. The van der Waals surface area contributed by atoms with Gasteiger partial charge in [-0.2, -0.15) is 0 Å². The molecule has 0 radical (unpaired) electrons. The number of nitrogens with zero attached hydrogens (tertiary/aromatic N) is 4. The van der Waals surface area contributed by atoms with E-state index in [9.17, 15) is 0 Å². The first-order chi connectivity index (χ1) is 17.4. The molecule has 0 aliphatic carbocycles. The molecular formula is C30H24N4O. The first-order valence-electron chi connectivity index (χ1n) is 12.4. The highest BCUT2D eigenvalue weighted by Crippen LogP contribution is 2.37. The quantitative estimate of drug-likeness (QED) is 0.275. The summed E-state index contributed by atoms with van der Waals surface area (Å²) in [4.78, 5) is 5.06. The number of benzene rings is 4. The van der Waals surface area contributed by atoms with E-state index in [1.807, 2.05) is 0 Å². The number of aromatic nitrogens is 4. The third-order valence-electron chi connectivity index (χ3n) is 7.50. The Kier molecular flexibility index (Phi) is 3.96. The van der Waals surface area contributed by atoms with Gasteiger partial charge < -0.3 is 9.30 Å². The average molecular weight is 457 g/mol. The summed E-state index contributed by atoms with van der Waals surface area (Å²) in [5.74, 6) is 0.934. The molecule has 35 heavy (non-hydrogen) atoms. The van der Waals surface area contributed by atoms with E-state index in [4.69, 9.17) is 9.72 Å². The zero-order valence-electron chi connectivity index (χ0n) is 19.3. The molecule has 7 aromatic rings. The molecule has 8 rings (SSSR count). The minimum atomic E-state index is 0.0665. The predicted octanol–water partition coefficient (Wildman–Crippen LogP) is 7.24. The van der Waals surface area contributed by atoms with E-state index in [1.54, 1.807) is 0 Å². The molecule has 1 fully saturated rings. The van der Waals surface area contributed by atoms with Gasteiger partial charge >= 0.3 is 0 Å². The highest BCUT2D eigenvalue weighted by Gasteiger charge is 2.23. The van der Waals surface area contributed by atoms with E-state index >= 15 is 0 Å². The molecule has 0 N–H and O–H groups in total. The summed E-state index contributed by atoms with van der Waals surface area (Å²) in [6.45, 7) is 0.821. The molecule has 1 aliphatic heterocycles. The lowest BCUT2D eigenvalue weighted by Crippen LogP contribution is -2.17. The fourth-order valence-corrected chi connectivity index (χ4v) is 5.97. The van der Waals surface area contributed by atoms with Crippen LogP contribution in [0.25, 0.3) is 55.3 Å². The van der Waals surface area contributed by atoms with Gasteiger partial charge in [-0.05, 0) is 61.7 Å². The number of hydrogen-bond acceptors (Lipinski definition) is 2. The summed E-state index contributed by atoms with van der Waals surface area (Å²) in [5, 5.41) is 2.54. The molecule has 170 valence electrons. The summed E-state index contributed by atoms with van der Waals surface area (Å²) >= 11 is 0. The highest BCUT2D eigenvalue weighted by atomic mass is 16.5. The summed E-state index contributed by atoms with van der Waals surface area (Å²) in [5.41, 5.74) is 8.00. The maximum atomic E-state index is 6.29. The molecule has 0 bridgehead atoms. The van der Waals surface area contributed by atoms with Gasteiger partial charge in [-0.25, -0.2) is 4.98 Å². The van der Waals surface area contributed by atoms with Crippen molar-refractivity contribution in [3.63, 3.8) is 0 Å². The lowest BCUT2D eigenvalue weighted by atomic mass is 10.1. The fraction of sp³-hybridized carbons (Fsp3) is 0.167. The number of para-hydroxylation sites is 5. The molecule has 1 aliphatic rings. The minimum absolute atomic E-state index is 0.0665. The topological polar surface area (TPSA) is 36.4 Å². The fourth-order valence-electron chi connectivity index (χ4n) is 5.97. The van der Waals surface area contributed by atoms with Gasteiger partial charge in [0.15, 0.2) is 0 Å². The number of imidazole rings is 2. The van der Waals surface area contributed by atoms with Crippen LogP contribution in [0.3, 0.4) is 0 Å². The summed E-state index contributed by atoms with van der Waals surface area (Å²) < 4.78 is 13.3. The van der Waals surface area contributed by atoms with Crippen LogP contribution in [0.15, 0.2) is 91.0 Å². The first-order valence-corrected chi connectivity index (χ1v) is 12.4. The lowest BCUT2D eigenvalue weighted by molar-refractivity contribution is -0.0267. The van der Waals surface area contributed by atoms with Crippen LogP contribution in [0.4, 0.5) is 0 Å². The zero-order chi connectivity index (χ0) is 22.9. The smallest absolute Gasteiger partial charge is 0.220 e. The van der Waals surface area contributed by atoms with Crippen LogP contribution in [0.5, 0.6) is 0 Å². The normalized spacial score (nSPS) is 16.9. The molecule has 5 heteroatoms. The second-order valence-electron chi connectivity index (χ2n) is 9.47. The van der Waals surface area contributed by atoms with E-state index < -0.39 is 0 Å². The molecule has 4 heterocycles. The minimum Gasteiger partial charge on any atom is -0.358 e. The van der Waals surface area contributed by atoms with Crippen LogP contribution in [0.2, 0.25) is 0 Å². The standard InChI is InChI=1S/C30H24N4O/c1-3-11-24-21(9-1)22-17-16-20(19-28(22)33(24)29-15-7-8-18-35-29)32-26-13-5-6-14-27(26)34-25-12-4-2-10-23(25)31-30(32)34/h1-6,9-14,16-17,19,29H,7-8,15,18H2. The van der Waals surface area contributed by atoms with E-state index in [0.29, 0.717) is 0 Å². The van der Waals surface area contributed by atoms with E-state index in [2.05, 4.69) is 105 Å². The zero-order valence-corrected chi connectivity index (χ0v) is 19.3. The SMILES string of the molecule is c1ccc2c(c1)nc1n(-c3ccc4c5ccccc5n(C5CCCCO5)c4c3)c3ccccc3n21. The van der Waals surface area contributed by atoms with Crippen molar-refractivity contribution < 1.29 is 4.74 Å². The summed E-state index contributed by atoms with van der Waals surface area (Å²) in [6, 6.07) is 32.4. The average Bonchev–Trinajstić information content (AvgIpc) is 3.55. The van der Waals surface area contributed by atoms with Gasteiger partial charge in [0.05, 0.1) is 38.8 Å². The molecule has 1 saturated heterocycles. The van der Waals surface area contributed by atoms with Gasteiger partial charge in [-0.1, -0.05) is 48.5 Å². The van der Waals surface area contributed by atoms with Crippen molar-refractivity contribution in [3.05, 3.63) is 91.0 Å². The van der Waals surface area contributed by atoms with Crippen LogP contribution in [-0.4, -0.2) is 25.1 Å². The Hall–Kier alpha value is -4.09. The van der Waals surface area contributed by atoms with Crippen molar-refractivity contribution >= 4 is 49.7 Å². The van der Waals surface area contributed by atoms with Crippen molar-refractivity contribution in [2.24, 2.45) is 0 Å². The van der Waals surface area contributed by atoms with Crippen molar-refractivity contribution in [3.8, 4) is 5.69 Å². The van der Waals surface area contributed by atoms with Crippen LogP contribution in [0, 0.1) is 0 Å². The maximum absolute atomic E-state index is 6.29. The van der Waals surface area contributed by atoms with E-state index in [-0.39, 0.29) is 6.23 Å². The molecular weight excluding hydrogens is 432 g/mol. The van der Waals surface area contributed by atoms with Crippen LogP contribution < -0.4 is 0 Å². The predicted molar refractivity (Wildman–Crippen MR) is 141 cm³/mol. The van der Waals surface area contributed by atoms with Crippen molar-refractivity contribution in [1.82, 2.24) is 18.5 Å². The summed E-state index contributed by atoms with van der Waals surface area (Å²) in [6.07, 6.45) is 3.44. The third-order valence-corrected chi connectivity index (χ3v) is 7.50. The number of ether oxygens (including phenoxy) is 1. The number of hydrogen-bond donors (Lipinski definition) is 0. The van der Waals surface area contributed by atoms with Crippen LogP contribution >= 0.6 is 0 Å². The van der Waals surface area contributed by atoms with E-state index in [0.717, 1.165) is 53.0 Å². The largest absolute Gasteiger partial charge is 0.358 e. The molecule has 1 atom stereocenters. The molecule has 0 amide bonds. The Labute approximate surface area is 201 Å². The molecule has 0 saturated carbocycles. The van der Waals surface area contributed by atoms with Crippen LogP contribution in [0.1, 0.15) is 25.5 Å². The van der Waals surface area contributed by atoms with Gasteiger partial charge in [0.1, 0.15) is 6.23 Å².